The van der Waals surface area contributed by atoms with Gasteiger partial charge >= 0.3 is 0 Å². The molecule has 0 rings (SSSR count). The van der Waals surface area contributed by atoms with E-state index in [4.69, 9.17) is 19.3 Å². The van der Waals surface area contributed by atoms with Crippen molar-refractivity contribution in [3.05, 3.63) is 0 Å². The van der Waals surface area contributed by atoms with Crippen LogP contribution < -0.4 is 0 Å². The fourth-order valence-electron chi connectivity index (χ4n) is 3.66. The lowest BCUT2D eigenvalue weighted by Crippen LogP contribution is -2.41. The number of ether oxygens (including phenoxy) is 3. The Morgan fingerprint density at radius 2 is 1.23 bits per heavy atom. The number of hydrogen-bond donors (Lipinski definition) is 2. The molecule has 0 spiro atoms. The molecule has 0 aromatic carbocycles. The van der Waals surface area contributed by atoms with Gasteiger partial charge in [0.25, 0.3) is 0 Å². The number of hydrogen-bond acceptors (Lipinski definition) is 5. The van der Waals surface area contributed by atoms with Crippen molar-refractivity contribution < 1.29 is 24.4 Å². The molecule has 0 aromatic heterocycles. The van der Waals surface area contributed by atoms with Crippen LogP contribution in [0.15, 0.2) is 0 Å². The van der Waals surface area contributed by atoms with E-state index < -0.39 is 11.9 Å². The molecule has 0 saturated heterocycles. The fraction of sp³-hybridized carbons (Fsp3) is 1.00. The Morgan fingerprint density at radius 1 is 0.700 bits per heavy atom. The van der Waals surface area contributed by atoms with Gasteiger partial charge in [-0.25, -0.2) is 0 Å². The highest BCUT2D eigenvalue weighted by molar-refractivity contribution is 4.77. The summed E-state index contributed by atoms with van der Waals surface area (Å²) >= 11 is 0. The van der Waals surface area contributed by atoms with Gasteiger partial charge < -0.3 is 24.4 Å². The molecule has 0 fully saturated rings. The van der Waals surface area contributed by atoms with Gasteiger partial charge in [-0.2, -0.15) is 0 Å². The molecule has 0 bridgehead atoms. The van der Waals surface area contributed by atoms with Gasteiger partial charge in [0.1, 0.15) is 6.10 Å². The van der Waals surface area contributed by atoms with E-state index in [1.807, 2.05) is 0 Å². The molecule has 0 amide bonds. The van der Waals surface area contributed by atoms with Crippen molar-refractivity contribution in [3.8, 4) is 0 Å². The Labute approximate surface area is 186 Å². The third-order valence-electron chi connectivity index (χ3n) is 5.78. The molecular weight excluding hydrogens is 380 g/mol. The molecular formula is C25H52O5. The van der Waals surface area contributed by atoms with Crippen molar-refractivity contribution in [2.45, 2.75) is 123 Å². The van der Waals surface area contributed by atoms with Crippen LogP contribution in [0, 0.1) is 5.92 Å². The Bertz CT molecular complexity index is 340. The minimum absolute atomic E-state index is 0.190. The summed E-state index contributed by atoms with van der Waals surface area (Å²) in [6, 6.07) is 0. The first-order chi connectivity index (χ1) is 14.5. The number of unbranched alkanes of at least 4 members (excludes halogenated alkanes) is 7. The minimum Gasteiger partial charge on any atom is -0.394 e. The normalized spacial score (nSPS) is 14.2. The van der Waals surface area contributed by atoms with Crippen LogP contribution in [0.1, 0.15) is 111 Å². The molecule has 0 aromatic rings. The first-order valence-corrected chi connectivity index (χ1v) is 12.7. The molecule has 0 saturated carbocycles. The number of aliphatic hydroxyl groups excluding tert-OH is 2. The van der Waals surface area contributed by atoms with Crippen LogP contribution in [0.2, 0.25) is 0 Å². The van der Waals surface area contributed by atoms with Crippen molar-refractivity contribution in [1.82, 2.24) is 0 Å². The van der Waals surface area contributed by atoms with Gasteiger partial charge in [-0.1, -0.05) is 72.1 Å². The fourth-order valence-corrected chi connectivity index (χ4v) is 3.66. The van der Waals surface area contributed by atoms with E-state index in [9.17, 15) is 5.11 Å². The van der Waals surface area contributed by atoms with E-state index in [0.29, 0.717) is 12.5 Å². The molecule has 5 heteroatoms. The van der Waals surface area contributed by atoms with Crippen LogP contribution >= 0.6 is 0 Å². The molecule has 5 nitrogen and oxygen atoms in total. The summed E-state index contributed by atoms with van der Waals surface area (Å²) in [7, 11) is 0. The predicted octanol–water partition coefficient (Wildman–Crippen LogP) is 5.85. The molecule has 182 valence electrons. The standard InChI is InChI=1S/C25H52O5/c1-5-8-11-12-13-14-16-23(17-15-18-28-22-24(27)21-26)25(4,29-19-9-6-2)30-20-10-7-3/h23-24,26-27H,5-22H2,1-4H3. The molecule has 2 atom stereocenters. The molecule has 0 aliphatic rings. The quantitative estimate of drug-likeness (QED) is 0.156. The Morgan fingerprint density at radius 3 is 1.80 bits per heavy atom. The maximum Gasteiger partial charge on any atom is 0.168 e. The highest BCUT2D eigenvalue weighted by Gasteiger charge is 2.35. The monoisotopic (exact) mass is 432 g/mol. The van der Waals surface area contributed by atoms with Crippen LogP contribution in [0.3, 0.4) is 0 Å². The average Bonchev–Trinajstić information content (AvgIpc) is 2.74. The average molecular weight is 433 g/mol. The Balaban J connectivity index is 4.77. The smallest absolute Gasteiger partial charge is 0.168 e. The summed E-state index contributed by atoms with van der Waals surface area (Å²) in [5.74, 6) is -0.206. The molecule has 0 radical (unpaired) electrons. The van der Waals surface area contributed by atoms with E-state index in [1.165, 1.54) is 38.5 Å². The summed E-state index contributed by atoms with van der Waals surface area (Å²) < 4.78 is 18.2. The van der Waals surface area contributed by atoms with Crippen LogP contribution in [0.5, 0.6) is 0 Å². The number of aliphatic hydroxyl groups is 2. The summed E-state index contributed by atoms with van der Waals surface area (Å²) in [6.07, 6.45) is 14.3. The summed E-state index contributed by atoms with van der Waals surface area (Å²) in [4.78, 5) is 0. The van der Waals surface area contributed by atoms with E-state index in [0.717, 1.165) is 58.2 Å². The molecule has 0 aliphatic heterocycles. The Kier molecular flexibility index (Phi) is 20.6. The lowest BCUT2D eigenvalue weighted by Gasteiger charge is -2.38. The summed E-state index contributed by atoms with van der Waals surface area (Å²) in [5, 5.41) is 18.3. The zero-order valence-corrected chi connectivity index (χ0v) is 20.5. The second kappa shape index (κ2) is 20.7. The van der Waals surface area contributed by atoms with E-state index in [2.05, 4.69) is 27.7 Å². The highest BCUT2D eigenvalue weighted by Crippen LogP contribution is 2.33. The van der Waals surface area contributed by atoms with Crippen molar-refractivity contribution in [3.63, 3.8) is 0 Å². The second-order valence-electron chi connectivity index (χ2n) is 8.73. The molecule has 0 heterocycles. The van der Waals surface area contributed by atoms with Crippen molar-refractivity contribution in [1.29, 1.82) is 0 Å². The molecule has 2 unspecified atom stereocenters. The highest BCUT2D eigenvalue weighted by atomic mass is 16.7. The SMILES string of the molecule is CCCCCCCCC(CCCOCC(O)CO)C(C)(OCCCC)OCCCC. The summed E-state index contributed by atoms with van der Waals surface area (Å²) in [6.45, 7) is 10.8. The third kappa shape index (κ3) is 15.6. The summed E-state index contributed by atoms with van der Waals surface area (Å²) in [5.41, 5.74) is 0. The lowest BCUT2D eigenvalue weighted by molar-refractivity contribution is -0.259. The van der Waals surface area contributed by atoms with E-state index in [-0.39, 0.29) is 13.2 Å². The van der Waals surface area contributed by atoms with Crippen LogP contribution in [0.4, 0.5) is 0 Å². The van der Waals surface area contributed by atoms with E-state index in [1.54, 1.807) is 0 Å². The zero-order valence-electron chi connectivity index (χ0n) is 20.5. The van der Waals surface area contributed by atoms with Crippen molar-refractivity contribution in [2.75, 3.05) is 33.0 Å². The van der Waals surface area contributed by atoms with Crippen molar-refractivity contribution in [2.24, 2.45) is 5.92 Å². The maximum absolute atomic E-state index is 9.43. The van der Waals surface area contributed by atoms with Crippen LogP contribution in [-0.4, -0.2) is 55.1 Å². The Hall–Kier alpha value is -0.200. The van der Waals surface area contributed by atoms with Gasteiger partial charge in [-0.15, -0.1) is 0 Å². The zero-order chi connectivity index (χ0) is 22.5. The minimum atomic E-state index is -0.788. The molecule has 2 N–H and O–H groups in total. The van der Waals surface area contributed by atoms with Crippen LogP contribution in [-0.2, 0) is 14.2 Å². The van der Waals surface area contributed by atoms with Gasteiger partial charge in [0.15, 0.2) is 5.79 Å². The van der Waals surface area contributed by atoms with Gasteiger partial charge in [0.05, 0.1) is 26.4 Å². The lowest BCUT2D eigenvalue weighted by atomic mass is 9.88. The molecule has 30 heavy (non-hydrogen) atoms. The van der Waals surface area contributed by atoms with Gasteiger partial charge in [-0.3, -0.25) is 0 Å². The van der Waals surface area contributed by atoms with Gasteiger partial charge in [0.2, 0.25) is 0 Å². The predicted molar refractivity (Wildman–Crippen MR) is 125 cm³/mol. The largest absolute Gasteiger partial charge is 0.394 e. The van der Waals surface area contributed by atoms with E-state index >= 15 is 0 Å². The third-order valence-corrected chi connectivity index (χ3v) is 5.78. The molecule has 0 aliphatic carbocycles. The van der Waals surface area contributed by atoms with Gasteiger partial charge in [0, 0.05) is 12.5 Å². The van der Waals surface area contributed by atoms with Crippen molar-refractivity contribution >= 4 is 0 Å². The van der Waals surface area contributed by atoms with Gasteiger partial charge in [-0.05, 0) is 39.0 Å². The van der Waals surface area contributed by atoms with Crippen LogP contribution in [0.25, 0.3) is 0 Å². The second-order valence-corrected chi connectivity index (χ2v) is 8.73. The number of rotatable bonds is 23. The topological polar surface area (TPSA) is 68.2 Å². The first kappa shape index (κ1) is 29.8. The maximum atomic E-state index is 9.43. The first-order valence-electron chi connectivity index (χ1n) is 12.7.